The molecule has 0 bridgehead atoms. The molecule has 0 aliphatic heterocycles. The summed E-state index contributed by atoms with van der Waals surface area (Å²) >= 11 is 0. The predicted octanol–water partition coefficient (Wildman–Crippen LogP) is 3.89. The van der Waals surface area contributed by atoms with Crippen molar-refractivity contribution in [2.75, 3.05) is 7.11 Å². The highest BCUT2D eigenvalue weighted by Gasteiger charge is 2.07. The number of ether oxygens (including phenoxy) is 1. The zero-order valence-electron chi connectivity index (χ0n) is 12.8. The van der Waals surface area contributed by atoms with Crippen LogP contribution in [0.4, 0.5) is 0 Å². The molecule has 23 heavy (non-hydrogen) atoms. The van der Waals surface area contributed by atoms with Crippen LogP contribution in [0.3, 0.4) is 0 Å². The molecule has 0 spiro atoms. The van der Waals surface area contributed by atoms with E-state index in [2.05, 4.69) is 5.32 Å². The zero-order chi connectivity index (χ0) is 16.1. The van der Waals surface area contributed by atoms with Crippen LogP contribution in [0.15, 0.2) is 71.3 Å². The van der Waals surface area contributed by atoms with Crippen molar-refractivity contribution in [3.8, 4) is 17.1 Å². The predicted molar refractivity (Wildman–Crippen MR) is 88.3 cm³/mol. The van der Waals surface area contributed by atoms with Crippen molar-refractivity contribution in [1.29, 1.82) is 0 Å². The van der Waals surface area contributed by atoms with Crippen molar-refractivity contribution < 1.29 is 13.9 Å². The van der Waals surface area contributed by atoms with Gasteiger partial charge in [-0.25, -0.2) is 0 Å². The molecule has 4 heteroatoms. The standard InChI is InChI=1S/C19H17NO3/c1-22-17-8-3-7-16(12-17)19(21)20-13-14-5-2-6-15(11-14)18-9-4-10-23-18/h2-12H,13H2,1H3,(H,20,21). The fraction of sp³-hybridized carbons (Fsp3) is 0.105. The van der Waals surface area contributed by atoms with E-state index in [0.717, 1.165) is 16.9 Å². The second kappa shape index (κ2) is 6.83. The first-order valence-corrected chi connectivity index (χ1v) is 7.31. The molecule has 0 radical (unpaired) electrons. The summed E-state index contributed by atoms with van der Waals surface area (Å²) in [6.45, 7) is 0.449. The van der Waals surface area contributed by atoms with Gasteiger partial charge in [-0.1, -0.05) is 24.3 Å². The number of hydrogen-bond donors (Lipinski definition) is 1. The van der Waals surface area contributed by atoms with E-state index in [1.165, 1.54) is 0 Å². The molecule has 116 valence electrons. The van der Waals surface area contributed by atoms with Crippen molar-refractivity contribution in [3.63, 3.8) is 0 Å². The molecule has 1 N–H and O–H groups in total. The Hall–Kier alpha value is -3.01. The van der Waals surface area contributed by atoms with Gasteiger partial charge in [-0.2, -0.15) is 0 Å². The van der Waals surface area contributed by atoms with Crippen LogP contribution in [0.25, 0.3) is 11.3 Å². The van der Waals surface area contributed by atoms with Gasteiger partial charge in [0.05, 0.1) is 13.4 Å². The second-order valence-electron chi connectivity index (χ2n) is 5.09. The molecule has 1 heterocycles. The summed E-state index contributed by atoms with van der Waals surface area (Å²) in [5.41, 5.74) is 2.57. The van der Waals surface area contributed by atoms with Gasteiger partial charge in [0, 0.05) is 17.7 Å². The molecular weight excluding hydrogens is 290 g/mol. The Kier molecular flexibility index (Phi) is 4.43. The van der Waals surface area contributed by atoms with Gasteiger partial charge in [-0.05, 0) is 42.0 Å². The average molecular weight is 307 g/mol. The first-order valence-electron chi connectivity index (χ1n) is 7.31. The van der Waals surface area contributed by atoms with Crippen molar-refractivity contribution in [1.82, 2.24) is 5.32 Å². The van der Waals surface area contributed by atoms with Gasteiger partial charge >= 0.3 is 0 Å². The van der Waals surface area contributed by atoms with Crippen LogP contribution in [0.1, 0.15) is 15.9 Å². The lowest BCUT2D eigenvalue weighted by Crippen LogP contribution is -2.22. The molecule has 0 saturated heterocycles. The molecule has 0 saturated carbocycles. The lowest BCUT2D eigenvalue weighted by molar-refractivity contribution is 0.0950. The summed E-state index contributed by atoms with van der Waals surface area (Å²) in [4.78, 5) is 12.2. The summed E-state index contributed by atoms with van der Waals surface area (Å²) in [6, 6.07) is 18.8. The Balaban J connectivity index is 1.68. The van der Waals surface area contributed by atoms with Crippen LogP contribution < -0.4 is 10.1 Å². The number of benzene rings is 2. The van der Waals surface area contributed by atoms with Gasteiger partial charge in [0.2, 0.25) is 0 Å². The minimum Gasteiger partial charge on any atom is -0.497 e. The van der Waals surface area contributed by atoms with Gasteiger partial charge in [0.25, 0.3) is 5.91 Å². The Morgan fingerprint density at radius 3 is 2.74 bits per heavy atom. The monoisotopic (exact) mass is 307 g/mol. The highest BCUT2D eigenvalue weighted by Crippen LogP contribution is 2.20. The molecule has 3 rings (SSSR count). The Morgan fingerprint density at radius 1 is 1.09 bits per heavy atom. The summed E-state index contributed by atoms with van der Waals surface area (Å²) in [5, 5.41) is 2.91. The number of hydrogen-bond acceptors (Lipinski definition) is 3. The number of carbonyl (C=O) groups is 1. The number of amides is 1. The number of furan rings is 1. The average Bonchev–Trinajstić information content (AvgIpc) is 3.14. The van der Waals surface area contributed by atoms with Crippen molar-refractivity contribution in [3.05, 3.63) is 78.1 Å². The van der Waals surface area contributed by atoms with Crippen molar-refractivity contribution >= 4 is 5.91 Å². The number of carbonyl (C=O) groups excluding carboxylic acids is 1. The molecular formula is C19H17NO3. The van der Waals surface area contributed by atoms with E-state index in [0.29, 0.717) is 17.9 Å². The van der Waals surface area contributed by atoms with E-state index in [-0.39, 0.29) is 5.91 Å². The lowest BCUT2D eigenvalue weighted by Gasteiger charge is -2.08. The largest absolute Gasteiger partial charge is 0.497 e. The quantitative estimate of drug-likeness (QED) is 0.778. The van der Waals surface area contributed by atoms with Crippen LogP contribution in [-0.4, -0.2) is 13.0 Å². The van der Waals surface area contributed by atoms with Crippen molar-refractivity contribution in [2.45, 2.75) is 6.54 Å². The van der Waals surface area contributed by atoms with Crippen LogP contribution in [0.5, 0.6) is 5.75 Å². The van der Waals surface area contributed by atoms with Gasteiger partial charge in [-0.3, -0.25) is 4.79 Å². The van der Waals surface area contributed by atoms with E-state index >= 15 is 0 Å². The number of rotatable bonds is 5. The molecule has 0 fully saturated rings. The van der Waals surface area contributed by atoms with Crippen LogP contribution in [0.2, 0.25) is 0 Å². The Morgan fingerprint density at radius 2 is 1.96 bits per heavy atom. The van der Waals surface area contributed by atoms with Gasteiger partial charge in [0.15, 0.2) is 0 Å². The fourth-order valence-corrected chi connectivity index (χ4v) is 2.33. The van der Waals surface area contributed by atoms with E-state index in [9.17, 15) is 4.79 Å². The maximum atomic E-state index is 12.2. The normalized spacial score (nSPS) is 10.3. The van der Waals surface area contributed by atoms with Crippen LogP contribution in [-0.2, 0) is 6.54 Å². The third kappa shape index (κ3) is 3.61. The van der Waals surface area contributed by atoms with Crippen molar-refractivity contribution in [2.24, 2.45) is 0 Å². The molecule has 0 aliphatic rings. The molecule has 0 atom stereocenters. The third-order valence-corrected chi connectivity index (χ3v) is 3.52. The first-order chi connectivity index (χ1) is 11.3. The summed E-state index contributed by atoms with van der Waals surface area (Å²) in [5.74, 6) is 1.34. The Labute approximate surface area is 134 Å². The topological polar surface area (TPSA) is 51.5 Å². The lowest BCUT2D eigenvalue weighted by atomic mass is 10.1. The third-order valence-electron chi connectivity index (χ3n) is 3.52. The number of methoxy groups -OCH3 is 1. The summed E-state index contributed by atoms with van der Waals surface area (Å²) in [7, 11) is 1.58. The Bertz CT molecular complexity index is 794. The minimum absolute atomic E-state index is 0.132. The maximum Gasteiger partial charge on any atom is 0.251 e. The number of nitrogens with one attached hydrogen (secondary N) is 1. The fourth-order valence-electron chi connectivity index (χ4n) is 2.33. The minimum atomic E-state index is -0.132. The van der Waals surface area contributed by atoms with Gasteiger partial charge < -0.3 is 14.5 Å². The molecule has 2 aromatic carbocycles. The highest BCUT2D eigenvalue weighted by molar-refractivity contribution is 5.94. The first kappa shape index (κ1) is 14.9. The van der Waals surface area contributed by atoms with E-state index in [1.807, 2.05) is 42.5 Å². The van der Waals surface area contributed by atoms with E-state index in [4.69, 9.17) is 9.15 Å². The van der Waals surface area contributed by atoms with Crippen LogP contribution in [0, 0.1) is 0 Å². The molecule has 0 unspecified atom stereocenters. The summed E-state index contributed by atoms with van der Waals surface area (Å²) < 4.78 is 10.5. The highest BCUT2D eigenvalue weighted by atomic mass is 16.5. The van der Waals surface area contributed by atoms with E-state index in [1.54, 1.807) is 31.6 Å². The van der Waals surface area contributed by atoms with Gasteiger partial charge in [0.1, 0.15) is 11.5 Å². The van der Waals surface area contributed by atoms with Gasteiger partial charge in [-0.15, -0.1) is 0 Å². The van der Waals surface area contributed by atoms with Crippen LogP contribution >= 0.6 is 0 Å². The zero-order valence-corrected chi connectivity index (χ0v) is 12.8. The molecule has 1 aromatic heterocycles. The maximum absolute atomic E-state index is 12.2. The molecule has 4 nitrogen and oxygen atoms in total. The smallest absolute Gasteiger partial charge is 0.251 e. The SMILES string of the molecule is COc1cccc(C(=O)NCc2cccc(-c3ccco3)c2)c1. The molecule has 0 aliphatic carbocycles. The second-order valence-corrected chi connectivity index (χ2v) is 5.09. The van der Waals surface area contributed by atoms with E-state index < -0.39 is 0 Å². The summed E-state index contributed by atoms with van der Waals surface area (Å²) in [6.07, 6.45) is 1.65. The molecule has 3 aromatic rings. The molecule has 1 amide bonds.